The van der Waals surface area contributed by atoms with Gasteiger partial charge in [-0.25, -0.2) is 4.39 Å². The highest BCUT2D eigenvalue weighted by Crippen LogP contribution is 2.33. The second-order valence-electron chi connectivity index (χ2n) is 4.40. The normalized spacial score (nSPS) is 14.4. The molecule has 0 bridgehead atoms. The molecule has 1 saturated carbocycles. The van der Waals surface area contributed by atoms with Crippen molar-refractivity contribution >= 4 is 5.78 Å². The van der Waals surface area contributed by atoms with E-state index in [-0.39, 0.29) is 29.2 Å². The van der Waals surface area contributed by atoms with Crippen molar-refractivity contribution in [1.29, 1.82) is 0 Å². The van der Waals surface area contributed by atoms with Gasteiger partial charge in [0.15, 0.2) is 11.6 Å². The highest BCUT2D eigenvalue weighted by Gasteiger charge is 2.34. The summed E-state index contributed by atoms with van der Waals surface area (Å²) in [6, 6.07) is 4.30. The van der Waals surface area contributed by atoms with Crippen LogP contribution in [0.2, 0.25) is 0 Å². The molecule has 19 heavy (non-hydrogen) atoms. The minimum atomic E-state index is -0.520. The van der Waals surface area contributed by atoms with Crippen molar-refractivity contribution in [3.05, 3.63) is 29.9 Å². The number of benzene rings is 1. The Hall–Kier alpha value is -2.24. The third-order valence-electron chi connectivity index (χ3n) is 2.98. The lowest BCUT2D eigenvalue weighted by Gasteiger charge is -2.01. The second-order valence-corrected chi connectivity index (χ2v) is 4.40. The summed E-state index contributed by atoms with van der Waals surface area (Å²) in [5.41, 5.74) is 0.417. The molecule has 1 heterocycles. The first-order valence-electron chi connectivity index (χ1n) is 5.90. The molecular weight excluding hydrogens is 251 g/mol. The van der Waals surface area contributed by atoms with Crippen LogP contribution in [0.25, 0.3) is 11.5 Å². The summed E-state index contributed by atoms with van der Waals surface area (Å²) in [5.74, 6) is -0.376. The maximum Gasteiger partial charge on any atom is 0.284 e. The predicted octanol–water partition coefficient (Wildman–Crippen LogP) is 2.48. The van der Waals surface area contributed by atoms with Gasteiger partial charge in [-0.3, -0.25) is 4.79 Å². The monoisotopic (exact) mass is 262 g/mol. The van der Waals surface area contributed by atoms with Crippen LogP contribution in [0, 0.1) is 11.7 Å². The molecule has 0 atom stereocenters. The topological polar surface area (TPSA) is 65.2 Å². The third-order valence-corrected chi connectivity index (χ3v) is 2.98. The molecule has 0 N–H and O–H groups in total. The Bertz CT molecular complexity index is 635. The molecule has 0 radical (unpaired) electrons. The summed E-state index contributed by atoms with van der Waals surface area (Å²) in [5, 5.41) is 7.48. The second kappa shape index (κ2) is 4.46. The van der Waals surface area contributed by atoms with E-state index in [1.54, 1.807) is 6.07 Å². The van der Waals surface area contributed by atoms with Gasteiger partial charge in [-0.05, 0) is 31.0 Å². The quantitative estimate of drug-likeness (QED) is 0.792. The van der Waals surface area contributed by atoms with Crippen molar-refractivity contribution in [2.45, 2.75) is 12.8 Å². The van der Waals surface area contributed by atoms with E-state index < -0.39 is 5.82 Å². The van der Waals surface area contributed by atoms with E-state index >= 15 is 0 Å². The highest BCUT2D eigenvalue weighted by molar-refractivity contribution is 5.95. The Morgan fingerprint density at radius 3 is 2.84 bits per heavy atom. The number of halogens is 1. The third kappa shape index (κ3) is 2.21. The molecule has 1 aliphatic rings. The van der Waals surface area contributed by atoms with Crippen molar-refractivity contribution in [3.8, 4) is 17.2 Å². The van der Waals surface area contributed by atoms with Crippen LogP contribution in [-0.4, -0.2) is 23.1 Å². The van der Waals surface area contributed by atoms with E-state index in [0.29, 0.717) is 5.56 Å². The summed E-state index contributed by atoms with van der Waals surface area (Å²) in [6.07, 6.45) is 1.74. The number of carbonyl (C=O) groups excluding carboxylic acids is 1. The van der Waals surface area contributed by atoms with Crippen LogP contribution in [0.1, 0.15) is 23.5 Å². The van der Waals surface area contributed by atoms with Gasteiger partial charge in [0.05, 0.1) is 7.11 Å². The minimum absolute atomic E-state index is 0.00581. The molecule has 1 fully saturated rings. The molecule has 3 rings (SSSR count). The van der Waals surface area contributed by atoms with E-state index in [2.05, 4.69) is 10.2 Å². The number of carbonyl (C=O) groups is 1. The fourth-order valence-electron chi connectivity index (χ4n) is 1.76. The van der Waals surface area contributed by atoms with Gasteiger partial charge in [-0.1, -0.05) is 0 Å². The molecule has 98 valence electrons. The van der Waals surface area contributed by atoms with Crippen LogP contribution in [0.5, 0.6) is 5.75 Å². The van der Waals surface area contributed by atoms with Crippen molar-refractivity contribution in [1.82, 2.24) is 10.2 Å². The molecule has 0 amide bonds. The van der Waals surface area contributed by atoms with Crippen LogP contribution in [0.3, 0.4) is 0 Å². The van der Waals surface area contributed by atoms with Crippen molar-refractivity contribution in [2.24, 2.45) is 5.92 Å². The first kappa shape index (κ1) is 11.8. The Kier molecular flexibility index (Phi) is 2.77. The standard InChI is InChI=1S/C13H11FN2O3/c1-18-10-5-4-8(6-9(10)14)12-15-16-13(19-12)11(17)7-2-3-7/h4-7H,2-3H2,1H3. The molecule has 0 unspecified atom stereocenters. The maximum absolute atomic E-state index is 13.6. The maximum atomic E-state index is 13.6. The number of nitrogens with zero attached hydrogens (tertiary/aromatic N) is 2. The van der Waals surface area contributed by atoms with Gasteiger partial charge in [0, 0.05) is 11.5 Å². The number of ketones is 1. The first-order chi connectivity index (χ1) is 9.19. The zero-order chi connectivity index (χ0) is 13.4. The summed E-state index contributed by atoms with van der Waals surface area (Å²) in [4.78, 5) is 11.7. The molecule has 1 aliphatic carbocycles. The van der Waals surface area contributed by atoms with Gasteiger partial charge in [-0.2, -0.15) is 0 Å². The predicted molar refractivity (Wildman–Crippen MR) is 63.3 cm³/mol. The van der Waals surface area contributed by atoms with Gasteiger partial charge < -0.3 is 9.15 Å². The zero-order valence-corrected chi connectivity index (χ0v) is 10.2. The SMILES string of the molecule is COc1ccc(-c2nnc(C(=O)C3CC3)o2)cc1F. The average Bonchev–Trinajstić information content (AvgIpc) is 3.15. The number of ether oxygens (including phenoxy) is 1. The fraction of sp³-hybridized carbons (Fsp3) is 0.308. The smallest absolute Gasteiger partial charge is 0.284 e. The van der Waals surface area contributed by atoms with Crippen molar-refractivity contribution in [3.63, 3.8) is 0 Å². The summed E-state index contributed by atoms with van der Waals surface area (Å²) < 4.78 is 23.7. The number of hydrogen-bond acceptors (Lipinski definition) is 5. The molecule has 1 aromatic carbocycles. The largest absolute Gasteiger partial charge is 0.494 e. The number of rotatable bonds is 4. The summed E-state index contributed by atoms with van der Waals surface area (Å²) >= 11 is 0. The van der Waals surface area contributed by atoms with Crippen molar-refractivity contribution in [2.75, 3.05) is 7.11 Å². The highest BCUT2D eigenvalue weighted by atomic mass is 19.1. The molecule has 1 aromatic heterocycles. The van der Waals surface area contributed by atoms with Gasteiger partial charge in [0.25, 0.3) is 5.89 Å². The Morgan fingerprint density at radius 2 is 2.21 bits per heavy atom. The molecule has 0 saturated heterocycles. The van der Waals surface area contributed by atoms with Crippen LogP contribution in [0.4, 0.5) is 4.39 Å². The van der Waals surface area contributed by atoms with Crippen LogP contribution < -0.4 is 4.74 Å². The number of Topliss-reactive ketones (excluding diaryl/α,β-unsaturated/α-hetero) is 1. The Morgan fingerprint density at radius 1 is 1.42 bits per heavy atom. The van der Waals surface area contributed by atoms with E-state index in [1.807, 2.05) is 0 Å². The van der Waals surface area contributed by atoms with E-state index in [0.717, 1.165) is 12.8 Å². The first-order valence-corrected chi connectivity index (χ1v) is 5.90. The summed E-state index contributed by atoms with van der Waals surface area (Å²) in [7, 11) is 1.39. The van der Waals surface area contributed by atoms with Crippen LogP contribution >= 0.6 is 0 Å². The molecule has 6 heteroatoms. The van der Waals surface area contributed by atoms with Gasteiger partial charge >= 0.3 is 0 Å². The summed E-state index contributed by atoms with van der Waals surface area (Å²) in [6.45, 7) is 0. The lowest BCUT2D eigenvalue weighted by molar-refractivity contribution is 0.0934. The van der Waals surface area contributed by atoms with Crippen molar-refractivity contribution < 1.29 is 18.3 Å². The van der Waals surface area contributed by atoms with E-state index in [1.165, 1.54) is 19.2 Å². The molecule has 0 aliphatic heterocycles. The minimum Gasteiger partial charge on any atom is -0.494 e. The van der Waals surface area contributed by atoms with Gasteiger partial charge in [0.1, 0.15) is 0 Å². The fourth-order valence-corrected chi connectivity index (χ4v) is 1.76. The lowest BCUT2D eigenvalue weighted by Crippen LogP contribution is -2.01. The Labute approximate surface area is 108 Å². The Balaban J connectivity index is 1.89. The van der Waals surface area contributed by atoms with E-state index in [4.69, 9.17) is 9.15 Å². The average molecular weight is 262 g/mol. The van der Waals surface area contributed by atoms with E-state index in [9.17, 15) is 9.18 Å². The lowest BCUT2D eigenvalue weighted by atomic mass is 10.2. The molecule has 0 spiro atoms. The zero-order valence-electron chi connectivity index (χ0n) is 10.2. The molecule has 5 nitrogen and oxygen atoms in total. The molecule has 2 aromatic rings. The number of aromatic nitrogens is 2. The van der Waals surface area contributed by atoms with Crippen LogP contribution in [0.15, 0.2) is 22.6 Å². The number of methoxy groups -OCH3 is 1. The number of hydrogen-bond donors (Lipinski definition) is 0. The van der Waals surface area contributed by atoms with Gasteiger partial charge in [0.2, 0.25) is 11.7 Å². The van der Waals surface area contributed by atoms with Crippen LogP contribution in [-0.2, 0) is 0 Å². The van der Waals surface area contributed by atoms with Gasteiger partial charge in [-0.15, -0.1) is 10.2 Å². The molecular formula is C13H11FN2O3.